The first-order valence-corrected chi connectivity index (χ1v) is 8.92. The number of fused-ring (bicyclic) bond motifs is 2. The molecule has 0 aliphatic heterocycles. The molecule has 1 aromatic rings. The Bertz CT molecular complexity index is 686. The molecule has 3 atom stereocenters. The van der Waals surface area contributed by atoms with Crippen LogP contribution in [0.4, 0.5) is 0 Å². The smallest absolute Gasteiger partial charge is 0.193 e. The number of benzene rings is 1. The molecular weight excluding hydrogens is 320 g/mol. The van der Waals surface area contributed by atoms with Crippen molar-refractivity contribution in [2.45, 2.75) is 45.6 Å². The molecular formula is C19H26N2O2S. The third-order valence-electron chi connectivity index (χ3n) is 6.55. The third kappa shape index (κ3) is 2.59. The van der Waals surface area contributed by atoms with E-state index in [0.717, 1.165) is 5.92 Å². The van der Waals surface area contributed by atoms with Crippen LogP contribution in [0.2, 0.25) is 0 Å². The van der Waals surface area contributed by atoms with Crippen LogP contribution < -0.4 is 10.1 Å². The number of para-hydroxylation sites is 1. The fraction of sp³-hybridized carbons (Fsp3) is 0.579. The number of aliphatic imine (C=N–C) groups is 1. The first-order chi connectivity index (χ1) is 11.3. The van der Waals surface area contributed by atoms with E-state index < -0.39 is 0 Å². The molecule has 3 rings (SSSR count). The lowest BCUT2D eigenvalue weighted by atomic mass is 9.64. The molecule has 5 heteroatoms. The van der Waals surface area contributed by atoms with E-state index in [1.807, 2.05) is 6.07 Å². The van der Waals surface area contributed by atoms with E-state index in [1.165, 1.54) is 26.4 Å². The predicted molar refractivity (Wildman–Crippen MR) is 101 cm³/mol. The number of methoxy groups -OCH3 is 1. The maximum absolute atomic E-state index is 10.1. The quantitative estimate of drug-likeness (QED) is 0.644. The Labute approximate surface area is 149 Å². The average molecular weight is 346 g/mol. The Morgan fingerprint density at radius 1 is 1.33 bits per heavy atom. The van der Waals surface area contributed by atoms with Crippen molar-refractivity contribution in [3.05, 3.63) is 23.8 Å². The Morgan fingerprint density at radius 2 is 2.04 bits per heavy atom. The SMILES string of the molecule is COc1cccc(/C=N/C(=S)NC2(C)C3CCC(C3)C2(C)C)c1O. The number of phenolic OH excluding ortho intramolecular Hbond substituents is 1. The molecule has 2 fully saturated rings. The van der Waals surface area contributed by atoms with Gasteiger partial charge >= 0.3 is 0 Å². The van der Waals surface area contributed by atoms with E-state index in [4.69, 9.17) is 17.0 Å². The highest BCUT2D eigenvalue weighted by Crippen LogP contribution is 2.61. The molecule has 1 aromatic carbocycles. The lowest BCUT2D eigenvalue weighted by molar-refractivity contribution is 0.0839. The molecule has 0 aromatic heterocycles. The molecule has 0 amide bonds. The summed E-state index contributed by atoms with van der Waals surface area (Å²) in [5.74, 6) is 1.92. The van der Waals surface area contributed by atoms with Gasteiger partial charge in [0.05, 0.1) is 7.11 Å². The molecule has 2 saturated carbocycles. The van der Waals surface area contributed by atoms with Crippen molar-refractivity contribution in [1.29, 1.82) is 0 Å². The maximum atomic E-state index is 10.1. The zero-order chi connectivity index (χ0) is 17.5. The molecule has 24 heavy (non-hydrogen) atoms. The van der Waals surface area contributed by atoms with E-state index in [-0.39, 0.29) is 16.7 Å². The van der Waals surface area contributed by atoms with Gasteiger partial charge in [0.15, 0.2) is 16.6 Å². The molecule has 2 aliphatic rings. The Hall–Kier alpha value is -1.62. The topological polar surface area (TPSA) is 53.8 Å². The standard InChI is InChI=1S/C19H26N2O2S/c1-18(2)13-8-9-14(10-13)19(18,3)21-17(24)20-11-12-6-5-7-15(23-4)16(12)22/h5-7,11,13-14,22H,8-10H2,1-4H3,(H,21,24)/b20-11+. The lowest BCUT2D eigenvalue weighted by Crippen LogP contribution is -2.58. The number of nitrogens with zero attached hydrogens (tertiary/aromatic N) is 1. The number of hydrogen-bond acceptors (Lipinski definition) is 3. The number of aromatic hydroxyl groups is 1. The summed E-state index contributed by atoms with van der Waals surface area (Å²) in [6, 6.07) is 5.31. The van der Waals surface area contributed by atoms with Crippen molar-refractivity contribution in [3.63, 3.8) is 0 Å². The molecule has 0 saturated heterocycles. The van der Waals surface area contributed by atoms with Crippen LogP contribution in [-0.4, -0.2) is 29.1 Å². The summed E-state index contributed by atoms with van der Waals surface area (Å²) in [5, 5.41) is 14.1. The minimum Gasteiger partial charge on any atom is -0.504 e. The fourth-order valence-corrected chi connectivity index (χ4v) is 4.83. The minimum absolute atomic E-state index is 0.0270. The zero-order valence-electron chi connectivity index (χ0n) is 14.8. The van der Waals surface area contributed by atoms with Crippen molar-refractivity contribution in [3.8, 4) is 11.5 Å². The first-order valence-electron chi connectivity index (χ1n) is 8.51. The van der Waals surface area contributed by atoms with E-state index in [9.17, 15) is 5.11 Å². The largest absolute Gasteiger partial charge is 0.504 e. The summed E-state index contributed by atoms with van der Waals surface area (Å²) in [7, 11) is 1.53. The monoisotopic (exact) mass is 346 g/mol. The zero-order valence-corrected chi connectivity index (χ0v) is 15.6. The van der Waals surface area contributed by atoms with Gasteiger partial charge in [-0.3, -0.25) is 0 Å². The van der Waals surface area contributed by atoms with Crippen LogP contribution in [0.3, 0.4) is 0 Å². The van der Waals surface area contributed by atoms with Crippen LogP contribution >= 0.6 is 12.2 Å². The maximum Gasteiger partial charge on any atom is 0.193 e. The average Bonchev–Trinajstić information content (AvgIpc) is 3.09. The molecule has 2 bridgehead atoms. The van der Waals surface area contributed by atoms with Gasteiger partial charge in [0.1, 0.15) is 0 Å². The van der Waals surface area contributed by atoms with Crippen molar-refractivity contribution < 1.29 is 9.84 Å². The molecule has 3 unspecified atom stereocenters. The Balaban J connectivity index is 1.75. The van der Waals surface area contributed by atoms with Crippen LogP contribution in [-0.2, 0) is 0 Å². The van der Waals surface area contributed by atoms with Gasteiger partial charge in [-0.25, -0.2) is 4.99 Å². The molecule has 0 heterocycles. The number of ether oxygens (including phenoxy) is 1. The summed E-state index contributed by atoms with van der Waals surface area (Å²) in [4.78, 5) is 4.37. The van der Waals surface area contributed by atoms with Crippen molar-refractivity contribution in [2.24, 2.45) is 22.2 Å². The first kappa shape index (κ1) is 17.2. The summed E-state index contributed by atoms with van der Waals surface area (Å²) < 4.78 is 5.12. The summed E-state index contributed by atoms with van der Waals surface area (Å²) in [6.45, 7) is 6.95. The molecule has 2 aliphatic carbocycles. The van der Waals surface area contributed by atoms with Gasteiger partial charge in [0, 0.05) is 17.3 Å². The third-order valence-corrected chi connectivity index (χ3v) is 6.75. The second-order valence-electron chi connectivity index (χ2n) is 7.72. The number of hydrogen-bond donors (Lipinski definition) is 2. The van der Waals surface area contributed by atoms with E-state index in [2.05, 4.69) is 31.1 Å². The lowest BCUT2D eigenvalue weighted by Gasteiger charge is -2.48. The van der Waals surface area contributed by atoms with Gasteiger partial charge in [-0.15, -0.1) is 0 Å². The van der Waals surface area contributed by atoms with Gasteiger partial charge in [-0.1, -0.05) is 19.9 Å². The van der Waals surface area contributed by atoms with Crippen molar-refractivity contribution >= 4 is 23.5 Å². The normalized spacial score (nSPS) is 30.7. The fourth-order valence-electron chi connectivity index (χ4n) is 4.57. The van der Waals surface area contributed by atoms with Gasteiger partial charge in [-0.2, -0.15) is 0 Å². The highest BCUT2D eigenvalue weighted by atomic mass is 32.1. The molecule has 0 radical (unpaired) electrons. The van der Waals surface area contributed by atoms with E-state index in [1.54, 1.807) is 18.3 Å². The highest BCUT2D eigenvalue weighted by molar-refractivity contribution is 7.80. The summed E-state index contributed by atoms with van der Waals surface area (Å²) >= 11 is 5.46. The minimum atomic E-state index is -0.0270. The molecule has 0 spiro atoms. The molecule has 4 nitrogen and oxygen atoms in total. The molecule has 2 N–H and O–H groups in total. The number of rotatable bonds is 3. The van der Waals surface area contributed by atoms with Crippen molar-refractivity contribution in [1.82, 2.24) is 5.32 Å². The van der Waals surface area contributed by atoms with Crippen LogP contribution in [0.25, 0.3) is 0 Å². The van der Waals surface area contributed by atoms with Gasteiger partial charge < -0.3 is 15.2 Å². The summed E-state index contributed by atoms with van der Waals surface area (Å²) in [5.41, 5.74) is 0.768. The number of thiocarbonyl (C=S) groups is 1. The molecule has 130 valence electrons. The number of nitrogens with one attached hydrogen (secondary N) is 1. The Morgan fingerprint density at radius 3 is 2.67 bits per heavy atom. The van der Waals surface area contributed by atoms with Crippen molar-refractivity contribution in [2.75, 3.05) is 7.11 Å². The predicted octanol–water partition coefficient (Wildman–Crippen LogP) is 3.91. The second kappa shape index (κ2) is 6.03. The highest BCUT2D eigenvalue weighted by Gasteiger charge is 2.60. The van der Waals surface area contributed by atoms with E-state index in [0.29, 0.717) is 22.3 Å². The Kier molecular flexibility index (Phi) is 4.32. The van der Waals surface area contributed by atoms with Crippen LogP contribution in [0, 0.1) is 17.3 Å². The van der Waals surface area contributed by atoms with Crippen LogP contribution in [0.15, 0.2) is 23.2 Å². The summed E-state index contributed by atoms with van der Waals surface area (Å²) in [6.07, 6.45) is 5.46. The van der Waals surface area contributed by atoms with Crippen LogP contribution in [0.5, 0.6) is 11.5 Å². The van der Waals surface area contributed by atoms with Gasteiger partial charge in [0.2, 0.25) is 0 Å². The van der Waals surface area contributed by atoms with E-state index >= 15 is 0 Å². The van der Waals surface area contributed by atoms with Crippen LogP contribution in [0.1, 0.15) is 45.6 Å². The number of phenols is 1. The van der Waals surface area contributed by atoms with Gasteiger partial charge in [-0.05, 0) is 67.8 Å². The second-order valence-corrected chi connectivity index (χ2v) is 8.10. The van der Waals surface area contributed by atoms with Gasteiger partial charge in [0.25, 0.3) is 0 Å².